The predicted molar refractivity (Wildman–Crippen MR) is 97.7 cm³/mol. The molecule has 0 aromatic rings. The van der Waals surface area contributed by atoms with Crippen molar-refractivity contribution in [2.45, 2.75) is 83.3 Å². The number of aliphatic hydroxyl groups excluding tert-OH is 1. The number of rotatable bonds is 11. The second kappa shape index (κ2) is 10.9. The van der Waals surface area contributed by atoms with Crippen molar-refractivity contribution in [1.29, 1.82) is 0 Å². The zero-order chi connectivity index (χ0) is 18.0. The Morgan fingerprint density at radius 2 is 2.17 bits per heavy atom. The van der Waals surface area contributed by atoms with E-state index in [1.54, 1.807) is 13.8 Å². The quantitative estimate of drug-likeness (QED) is 0.218. The molecule has 5 nitrogen and oxygen atoms in total. The fourth-order valence-electron chi connectivity index (χ4n) is 3.05. The summed E-state index contributed by atoms with van der Waals surface area (Å²) in [5.74, 6) is 6.72. The Kier molecular flexibility index (Phi) is 9.57. The minimum atomic E-state index is -1.04. The molecular weight excluding hydrogens is 302 g/mol. The van der Waals surface area contributed by atoms with Gasteiger partial charge in [-0.1, -0.05) is 17.9 Å². The standard InChI is InChI=1S/C19H35N3O2/c1-4-5-6-7-8-9-12-18(21-15(2)23)19(3,24)22-17-14-16(17)11-10-13-20/h4-5,15-18,21-24H,8-14,20H2,1-3H3/p+1. The van der Waals surface area contributed by atoms with Crippen LogP contribution >= 0.6 is 0 Å². The Morgan fingerprint density at radius 3 is 2.79 bits per heavy atom. The van der Waals surface area contributed by atoms with Crippen molar-refractivity contribution in [2.75, 3.05) is 6.54 Å². The fourth-order valence-corrected chi connectivity index (χ4v) is 3.05. The van der Waals surface area contributed by atoms with Gasteiger partial charge in [-0.2, -0.15) is 0 Å². The average molecular weight is 339 g/mol. The predicted octanol–water partition coefficient (Wildman–Crippen LogP) is 0.741. The number of nitrogens with one attached hydrogen (secondary N) is 2. The first-order valence-corrected chi connectivity index (χ1v) is 9.23. The highest BCUT2D eigenvalue weighted by Crippen LogP contribution is 2.36. The molecule has 0 aromatic heterocycles. The Morgan fingerprint density at radius 1 is 1.42 bits per heavy atom. The second-order valence-electron chi connectivity index (χ2n) is 7.00. The number of allylic oxidation sites excluding steroid dienone is 2. The molecular formula is C19H36N3O2+. The van der Waals surface area contributed by atoms with Crippen LogP contribution in [0.2, 0.25) is 0 Å². The van der Waals surface area contributed by atoms with Crippen molar-refractivity contribution in [2.24, 2.45) is 5.92 Å². The second-order valence-corrected chi connectivity index (χ2v) is 7.00. The van der Waals surface area contributed by atoms with Crippen molar-refractivity contribution in [3.63, 3.8) is 0 Å². The Hall–Kier alpha value is -0.900. The smallest absolute Gasteiger partial charge is 0.128 e. The molecule has 1 aliphatic rings. The molecule has 0 aliphatic heterocycles. The first-order valence-electron chi connectivity index (χ1n) is 9.23. The highest BCUT2D eigenvalue weighted by atomic mass is 16.3. The number of hydrogen-bond donors (Lipinski definition) is 5. The SMILES string of the molecule is CC=CC#CCCCC(NC(C)O)C(C)(O)NC1CC1CCC[NH3+]. The molecule has 138 valence electrons. The van der Waals surface area contributed by atoms with Gasteiger partial charge in [0.1, 0.15) is 12.0 Å². The lowest BCUT2D eigenvalue weighted by molar-refractivity contribution is -0.368. The average Bonchev–Trinajstić information content (AvgIpc) is 3.24. The minimum absolute atomic E-state index is 0.213. The van der Waals surface area contributed by atoms with Crippen molar-refractivity contribution < 1.29 is 15.9 Å². The lowest BCUT2D eigenvalue weighted by Gasteiger charge is -2.36. The summed E-state index contributed by atoms with van der Waals surface area (Å²) < 4.78 is 0. The number of unbranched alkanes of at least 4 members (excludes halogenated alkanes) is 1. The van der Waals surface area contributed by atoms with Crippen LogP contribution in [0.5, 0.6) is 0 Å². The van der Waals surface area contributed by atoms with Crippen LogP contribution in [-0.2, 0) is 0 Å². The third-order valence-corrected chi connectivity index (χ3v) is 4.49. The molecule has 1 saturated carbocycles. The zero-order valence-electron chi connectivity index (χ0n) is 15.5. The normalized spacial score (nSPS) is 24.9. The maximum Gasteiger partial charge on any atom is 0.128 e. The van der Waals surface area contributed by atoms with Crippen LogP contribution in [0.15, 0.2) is 12.2 Å². The van der Waals surface area contributed by atoms with Crippen molar-refractivity contribution in [1.82, 2.24) is 10.6 Å². The van der Waals surface area contributed by atoms with Crippen LogP contribution in [0, 0.1) is 17.8 Å². The summed E-state index contributed by atoms with van der Waals surface area (Å²) in [5.41, 5.74) is 2.84. The molecule has 24 heavy (non-hydrogen) atoms. The van der Waals surface area contributed by atoms with Crippen LogP contribution in [0.3, 0.4) is 0 Å². The molecule has 5 heteroatoms. The van der Waals surface area contributed by atoms with E-state index >= 15 is 0 Å². The molecule has 0 heterocycles. The van der Waals surface area contributed by atoms with Gasteiger partial charge < -0.3 is 15.9 Å². The Balaban J connectivity index is 2.48. The Labute approximate surface area is 147 Å². The van der Waals surface area contributed by atoms with Gasteiger partial charge in [-0.05, 0) is 64.9 Å². The number of quaternary nitrogens is 1. The van der Waals surface area contributed by atoms with E-state index in [2.05, 4.69) is 28.2 Å². The van der Waals surface area contributed by atoms with Crippen LogP contribution in [0.25, 0.3) is 0 Å². The highest BCUT2D eigenvalue weighted by Gasteiger charge is 2.43. The molecule has 0 aromatic carbocycles. The topological polar surface area (TPSA) is 92.2 Å². The third-order valence-electron chi connectivity index (χ3n) is 4.49. The molecule has 7 N–H and O–H groups in total. The summed E-state index contributed by atoms with van der Waals surface area (Å²) >= 11 is 0. The van der Waals surface area contributed by atoms with E-state index in [4.69, 9.17) is 0 Å². The van der Waals surface area contributed by atoms with Gasteiger partial charge in [0.2, 0.25) is 0 Å². The summed E-state index contributed by atoms with van der Waals surface area (Å²) in [5, 5.41) is 27.0. The summed E-state index contributed by atoms with van der Waals surface area (Å²) in [6, 6.07) is 0.162. The molecule has 1 rings (SSSR count). The maximum absolute atomic E-state index is 10.9. The monoisotopic (exact) mass is 338 g/mol. The van der Waals surface area contributed by atoms with Gasteiger partial charge in [0.25, 0.3) is 0 Å². The molecule has 0 spiro atoms. The molecule has 1 fully saturated rings. The van der Waals surface area contributed by atoms with E-state index in [0.717, 1.165) is 38.6 Å². The molecule has 5 unspecified atom stereocenters. The molecule has 1 aliphatic carbocycles. The lowest BCUT2D eigenvalue weighted by atomic mass is 9.98. The van der Waals surface area contributed by atoms with E-state index in [1.807, 2.05) is 19.1 Å². The van der Waals surface area contributed by atoms with Gasteiger partial charge in [-0.3, -0.25) is 10.6 Å². The Bertz CT molecular complexity index is 438. The van der Waals surface area contributed by atoms with Crippen LogP contribution in [0.4, 0.5) is 0 Å². The van der Waals surface area contributed by atoms with Gasteiger partial charge in [0.05, 0.1) is 12.6 Å². The summed E-state index contributed by atoms with van der Waals surface area (Å²) in [6.45, 7) is 6.40. The molecule has 5 atom stereocenters. The van der Waals surface area contributed by atoms with E-state index in [1.165, 1.54) is 6.42 Å². The van der Waals surface area contributed by atoms with Crippen LogP contribution in [-0.4, -0.2) is 40.8 Å². The molecule has 0 bridgehead atoms. The maximum atomic E-state index is 10.9. The number of aliphatic hydroxyl groups is 2. The van der Waals surface area contributed by atoms with Gasteiger partial charge in [-0.25, -0.2) is 0 Å². The van der Waals surface area contributed by atoms with E-state index in [-0.39, 0.29) is 6.04 Å². The van der Waals surface area contributed by atoms with E-state index in [9.17, 15) is 10.2 Å². The summed E-state index contributed by atoms with van der Waals surface area (Å²) in [4.78, 5) is 0. The van der Waals surface area contributed by atoms with Gasteiger partial charge in [0, 0.05) is 12.5 Å². The molecule has 0 saturated heterocycles. The lowest BCUT2D eigenvalue weighted by Crippen LogP contribution is -2.60. The molecule has 0 radical (unpaired) electrons. The highest BCUT2D eigenvalue weighted by molar-refractivity contribution is 5.14. The minimum Gasteiger partial charge on any atom is -0.379 e. The van der Waals surface area contributed by atoms with Gasteiger partial charge in [0.15, 0.2) is 0 Å². The van der Waals surface area contributed by atoms with Crippen molar-refractivity contribution in [3.8, 4) is 11.8 Å². The summed E-state index contributed by atoms with van der Waals surface area (Å²) in [7, 11) is 0. The summed E-state index contributed by atoms with van der Waals surface area (Å²) in [6.07, 6.45) is 8.95. The van der Waals surface area contributed by atoms with Crippen molar-refractivity contribution in [3.05, 3.63) is 12.2 Å². The first kappa shape index (κ1) is 21.1. The van der Waals surface area contributed by atoms with E-state index in [0.29, 0.717) is 12.0 Å². The molecule has 0 amide bonds. The van der Waals surface area contributed by atoms with Gasteiger partial charge in [-0.15, -0.1) is 0 Å². The first-order chi connectivity index (χ1) is 11.4. The fraction of sp³-hybridized carbons (Fsp3) is 0.789. The largest absolute Gasteiger partial charge is 0.379 e. The van der Waals surface area contributed by atoms with E-state index < -0.39 is 12.0 Å². The van der Waals surface area contributed by atoms with Crippen LogP contribution in [0.1, 0.15) is 59.3 Å². The van der Waals surface area contributed by atoms with Crippen molar-refractivity contribution >= 4 is 0 Å². The number of hydrogen-bond acceptors (Lipinski definition) is 4. The van der Waals surface area contributed by atoms with Crippen LogP contribution < -0.4 is 16.4 Å². The van der Waals surface area contributed by atoms with Gasteiger partial charge >= 0.3 is 0 Å². The third kappa shape index (κ3) is 8.27. The zero-order valence-corrected chi connectivity index (χ0v) is 15.5.